The third-order valence-electron chi connectivity index (χ3n) is 2.92. The largest absolute Gasteiger partial charge is 0.356 e. The number of benzene rings is 1. The molecule has 0 aliphatic carbocycles. The predicted molar refractivity (Wildman–Crippen MR) is 77.4 cm³/mol. The van der Waals surface area contributed by atoms with Crippen molar-refractivity contribution in [2.75, 3.05) is 0 Å². The molecule has 0 fully saturated rings. The summed E-state index contributed by atoms with van der Waals surface area (Å²) in [6.45, 7) is 0.158. The van der Waals surface area contributed by atoms with E-state index in [9.17, 15) is 9.59 Å². The highest BCUT2D eigenvalue weighted by atomic mass is 35.5. The molecule has 2 aromatic heterocycles. The monoisotopic (exact) mass is 303 g/mol. The summed E-state index contributed by atoms with van der Waals surface area (Å²) in [5, 5.41) is 3.86. The average molecular weight is 304 g/mol. The van der Waals surface area contributed by atoms with E-state index in [-0.39, 0.29) is 11.6 Å². The van der Waals surface area contributed by atoms with Gasteiger partial charge in [-0.1, -0.05) is 47.1 Å². The number of rotatable bonds is 3. The molecule has 0 aliphatic rings. The standard InChI is InChI=1S/C14H10ClN3O3/c15-11-8-18(14(20)16-13(11)19)7-10-6-12(21-17-10)9-4-2-1-3-5-9/h1-6,8H,7H2,(H,16,19,20). The van der Waals surface area contributed by atoms with Crippen LogP contribution in [0.3, 0.4) is 0 Å². The maximum absolute atomic E-state index is 11.7. The topological polar surface area (TPSA) is 80.9 Å². The molecule has 0 unspecified atom stereocenters. The van der Waals surface area contributed by atoms with Crippen LogP contribution in [0.15, 0.2) is 56.7 Å². The van der Waals surface area contributed by atoms with Crippen molar-refractivity contribution in [3.8, 4) is 11.3 Å². The van der Waals surface area contributed by atoms with Crippen molar-refractivity contribution in [1.82, 2.24) is 14.7 Å². The molecule has 0 radical (unpaired) electrons. The molecule has 0 saturated carbocycles. The summed E-state index contributed by atoms with van der Waals surface area (Å²) in [6.07, 6.45) is 1.28. The maximum atomic E-state index is 11.7. The van der Waals surface area contributed by atoms with Crippen LogP contribution >= 0.6 is 11.6 Å². The number of aromatic nitrogens is 3. The van der Waals surface area contributed by atoms with Crippen LogP contribution < -0.4 is 11.2 Å². The van der Waals surface area contributed by atoms with Crippen LogP contribution in [0, 0.1) is 0 Å². The van der Waals surface area contributed by atoms with Crippen LogP contribution in [0.1, 0.15) is 5.69 Å². The number of hydrogen-bond acceptors (Lipinski definition) is 4. The summed E-state index contributed by atoms with van der Waals surface area (Å²) in [5.74, 6) is 0.606. The zero-order valence-electron chi connectivity index (χ0n) is 10.7. The lowest BCUT2D eigenvalue weighted by Gasteiger charge is -2.01. The van der Waals surface area contributed by atoms with E-state index in [2.05, 4.69) is 10.1 Å². The van der Waals surface area contributed by atoms with Crippen LogP contribution in [-0.4, -0.2) is 14.7 Å². The molecule has 2 heterocycles. The van der Waals surface area contributed by atoms with Crippen LogP contribution in [0.25, 0.3) is 11.3 Å². The normalized spacial score (nSPS) is 10.7. The maximum Gasteiger partial charge on any atom is 0.328 e. The molecule has 21 heavy (non-hydrogen) atoms. The Kier molecular flexibility index (Phi) is 3.45. The van der Waals surface area contributed by atoms with E-state index in [0.29, 0.717) is 11.5 Å². The van der Waals surface area contributed by atoms with E-state index in [1.165, 1.54) is 10.8 Å². The minimum atomic E-state index is -0.608. The number of nitrogens with zero attached hydrogens (tertiary/aromatic N) is 2. The summed E-state index contributed by atoms with van der Waals surface area (Å²) in [7, 11) is 0. The molecule has 0 bridgehead atoms. The van der Waals surface area contributed by atoms with Gasteiger partial charge in [0.1, 0.15) is 10.7 Å². The molecule has 106 valence electrons. The van der Waals surface area contributed by atoms with Gasteiger partial charge in [0, 0.05) is 17.8 Å². The van der Waals surface area contributed by atoms with Crippen molar-refractivity contribution in [2.24, 2.45) is 0 Å². The summed E-state index contributed by atoms with van der Waals surface area (Å²) in [5.41, 5.74) is 0.291. The first-order chi connectivity index (χ1) is 10.1. The second-order valence-electron chi connectivity index (χ2n) is 4.41. The molecular weight excluding hydrogens is 294 g/mol. The molecule has 3 rings (SSSR count). The first-order valence-electron chi connectivity index (χ1n) is 6.14. The van der Waals surface area contributed by atoms with Gasteiger partial charge < -0.3 is 4.52 Å². The molecule has 7 heteroatoms. The Bertz CT molecular complexity index is 880. The van der Waals surface area contributed by atoms with E-state index in [0.717, 1.165) is 5.56 Å². The highest BCUT2D eigenvalue weighted by molar-refractivity contribution is 6.30. The summed E-state index contributed by atoms with van der Waals surface area (Å²) < 4.78 is 6.51. The highest BCUT2D eigenvalue weighted by Gasteiger charge is 2.09. The zero-order chi connectivity index (χ0) is 14.8. The molecule has 0 atom stereocenters. The number of hydrogen-bond donors (Lipinski definition) is 1. The molecule has 3 aromatic rings. The van der Waals surface area contributed by atoms with Crippen molar-refractivity contribution in [3.05, 3.63) is 74.1 Å². The van der Waals surface area contributed by atoms with Gasteiger partial charge in [0.2, 0.25) is 0 Å². The lowest BCUT2D eigenvalue weighted by molar-refractivity contribution is 0.420. The van der Waals surface area contributed by atoms with Gasteiger partial charge in [0.25, 0.3) is 5.56 Å². The van der Waals surface area contributed by atoms with Crippen molar-refractivity contribution in [3.63, 3.8) is 0 Å². The number of nitrogens with one attached hydrogen (secondary N) is 1. The lowest BCUT2D eigenvalue weighted by Crippen LogP contribution is -2.30. The lowest BCUT2D eigenvalue weighted by atomic mass is 10.2. The van der Waals surface area contributed by atoms with E-state index >= 15 is 0 Å². The first-order valence-corrected chi connectivity index (χ1v) is 6.51. The van der Waals surface area contributed by atoms with E-state index < -0.39 is 11.2 Å². The first kappa shape index (κ1) is 13.4. The Morgan fingerprint density at radius 1 is 1.24 bits per heavy atom. The molecule has 1 N–H and O–H groups in total. The van der Waals surface area contributed by atoms with E-state index in [1.54, 1.807) is 6.07 Å². The Hall–Kier alpha value is -2.60. The van der Waals surface area contributed by atoms with Gasteiger partial charge in [-0.25, -0.2) is 4.79 Å². The van der Waals surface area contributed by atoms with Gasteiger partial charge in [-0.05, 0) is 0 Å². The van der Waals surface area contributed by atoms with Gasteiger partial charge in [0.15, 0.2) is 5.76 Å². The highest BCUT2D eigenvalue weighted by Crippen LogP contribution is 2.19. The fourth-order valence-electron chi connectivity index (χ4n) is 1.90. The third-order valence-corrected chi connectivity index (χ3v) is 3.19. The van der Waals surface area contributed by atoms with E-state index in [1.807, 2.05) is 30.3 Å². The third kappa shape index (κ3) is 2.80. The Morgan fingerprint density at radius 2 is 2.00 bits per heavy atom. The Labute approximate surface area is 123 Å². The van der Waals surface area contributed by atoms with Crippen molar-refractivity contribution in [2.45, 2.75) is 6.54 Å². The number of halogens is 1. The average Bonchev–Trinajstić information content (AvgIpc) is 2.94. The zero-order valence-corrected chi connectivity index (χ0v) is 11.5. The number of aromatic amines is 1. The number of H-pyrrole nitrogens is 1. The smallest absolute Gasteiger partial charge is 0.328 e. The van der Waals surface area contributed by atoms with Crippen molar-refractivity contribution >= 4 is 11.6 Å². The SMILES string of the molecule is O=c1[nH]c(=O)n(Cc2cc(-c3ccccc3)on2)cc1Cl. The van der Waals surface area contributed by atoms with Gasteiger partial charge in [-0.15, -0.1) is 0 Å². The fourth-order valence-corrected chi connectivity index (χ4v) is 2.06. The Balaban J connectivity index is 1.90. The van der Waals surface area contributed by atoms with E-state index in [4.69, 9.17) is 16.1 Å². The minimum Gasteiger partial charge on any atom is -0.356 e. The van der Waals surface area contributed by atoms with Crippen LogP contribution in [-0.2, 0) is 6.54 Å². The molecule has 0 spiro atoms. The molecule has 0 amide bonds. The predicted octanol–water partition coefficient (Wildman–Crippen LogP) is 1.89. The second-order valence-corrected chi connectivity index (χ2v) is 4.82. The summed E-state index contributed by atoms with van der Waals surface area (Å²) in [6, 6.07) is 11.2. The quantitative estimate of drug-likeness (QED) is 0.801. The van der Waals surface area contributed by atoms with Crippen molar-refractivity contribution < 1.29 is 4.52 Å². The van der Waals surface area contributed by atoms with Crippen molar-refractivity contribution in [1.29, 1.82) is 0 Å². The van der Waals surface area contributed by atoms with Crippen LogP contribution in [0.5, 0.6) is 0 Å². The second kappa shape index (κ2) is 5.41. The van der Waals surface area contributed by atoms with Gasteiger partial charge in [-0.3, -0.25) is 14.3 Å². The van der Waals surface area contributed by atoms with Crippen LogP contribution in [0.2, 0.25) is 5.02 Å². The molecule has 6 nitrogen and oxygen atoms in total. The summed E-state index contributed by atoms with van der Waals surface area (Å²) in [4.78, 5) is 25.0. The molecular formula is C14H10ClN3O3. The molecule has 1 aromatic carbocycles. The Morgan fingerprint density at radius 3 is 2.76 bits per heavy atom. The van der Waals surface area contributed by atoms with Gasteiger partial charge in [-0.2, -0.15) is 0 Å². The molecule has 0 aliphatic heterocycles. The summed E-state index contributed by atoms with van der Waals surface area (Å²) >= 11 is 5.71. The minimum absolute atomic E-state index is 0.0543. The van der Waals surface area contributed by atoms with Crippen LogP contribution in [0.4, 0.5) is 0 Å². The fraction of sp³-hybridized carbons (Fsp3) is 0.0714. The van der Waals surface area contributed by atoms with Gasteiger partial charge >= 0.3 is 5.69 Å². The van der Waals surface area contributed by atoms with Gasteiger partial charge in [0.05, 0.1) is 6.54 Å². The molecule has 0 saturated heterocycles.